The molecule has 1 atom stereocenters. The highest BCUT2D eigenvalue weighted by molar-refractivity contribution is 5.75. The Kier molecular flexibility index (Phi) is 4.02. The molecule has 0 radical (unpaired) electrons. The molecule has 1 aromatic carbocycles. The lowest BCUT2D eigenvalue weighted by molar-refractivity contribution is -0.137. The van der Waals surface area contributed by atoms with E-state index in [-0.39, 0.29) is 12.1 Å². The number of alkyl halides is 3. The molecule has 23 heavy (non-hydrogen) atoms. The number of benzene rings is 1. The van der Waals surface area contributed by atoms with Gasteiger partial charge in [-0.1, -0.05) is 18.6 Å². The van der Waals surface area contributed by atoms with Gasteiger partial charge in [0.15, 0.2) is 0 Å². The third-order valence-corrected chi connectivity index (χ3v) is 5.17. The summed E-state index contributed by atoms with van der Waals surface area (Å²) in [5.74, 6) is 0. The molecule has 2 fully saturated rings. The Hall–Kier alpha value is -1.72. The van der Waals surface area contributed by atoms with E-state index in [1.54, 1.807) is 13.0 Å². The SMILES string of the molecule is CC(NC(=O)NC1CC2(CCC2)C1)c1cccc(C(F)(F)F)c1. The molecule has 0 heterocycles. The van der Waals surface area contributed by atoms with Crippen LogP contribution in [-0.2, 0) is 6.18 Å². The predicted octanol–water partition coefficient (Wildman–Crippen LogP) is 4.40. The molecule has 1 spiro atoms. The third-order valence-electron chi connectivity index (χ3n) is 5.17. The second-order valence-electron chi connectivity index (χ2n) is 6.92. The number of halogens is 3. The maximum absolute atomic E-state index is 12.7. The lowest BCUT2D eigenvalue weighted by atomic mass is 9.54. The Morgan fingerprint density at radius 3 is 2.57 bits per heavy atom. The first-order valence-electron chi connectivity index (χ1n) is 8.02. The number of urea groups is 1. The van der Waals surface area contributed by atoms with Crippen molar-refractivity contribution in [3.63, 3.8) is 0 Å². The number of rotatable bonds is 3. The fourth-order valence-corrected chi connectivity index (χ4v) is 3.66. The molecule has 2 aliphatic carbocycles. The van der Waals surface area contributed by atoms with Gasteiger partial charge in [0.1, 0.15) is 0 Å². The molecule has 1 unspecified atom stereocenters. The van der Waals surface area contributed by atoms with Crippen molar-refractivity contribution in [2.45, 2.75) is 57.3 Å². The van der Waals surface area contributed by atoms with Crippen LogP contribution in [-0.4, -0.2) is 12.1 Å². The second kappa shape index (κ2) is 5.73. The number of carbonyl (C=O) groups is 1. The first-order valence-corrected chi connectivity index (χ1v) is 8.02. The molecule has 126 valence electrons. The van der Waals surface area contributed by atoms with E-state index >= 15 is 0 Å². The van der Waals surface area contributed by atoms with Crippen LogP contribution in [0.5, 0.6) is 0 Å². The van der Waals surface area contributed by atoms with Crippen LogP contribution in [0.1, 0.15) is 56.2 Å². The molecule has 2 amide bonds. The molecule has 2 saturated carbocycles. The maximum Gasteiger partial charge on any atom is 0.416 e. The number of hydrogen-bond acceptors (Lipinski definition) is 1. The summed E-state index contributed by atoms with van der Waals surface area (Å²) in [4.78, 5) is 12.0. The highest BCUT2D eigenvalue weighted by Gasteiger charge is 2.48. The molecule has 3 rings (SSSR count). The summed E-state index contributed by atoms with van der Waals surface area (Å²) in [7, 11) is 0. The van der Waals surface area contributed by atoms with Crippen LogP contribution in [0.25, 0.3) is 0 Å². The van der Waals surface area contributed by atoms with Crippen LogP contribution in [0.15, 0.2) is 24.3 Å². The summed E-state index contributed by atoms with van der Waals surface area (Å²) in [6.07, 6.45) is 1.48. The van der Waals surface area contributed by atoms with Crippen LogP contribution in [0.3, 0.4) is 0 Å². The molecule has 0 aliphatic heterocycles. The highest BCUT2D eigenvalue weighted by Crippen LogP contribution is 2.55. The monoisotopic (exact) mass is 326 g/mol. The smallest absolute Gasteiger partial charge is 0.335 e. The van der Waals surface area contributed by atoms with E-state index in [1.807, 2.05) is 0 Å². The molecule has 0 saturated heterocycles. The van der Waals surface area contributed by atoms with Crippen LogP contribution in [0, 0.1) is 5.41 Å². The molecule has 1 aromatic rings. The van der Waals surface area contributed by atoms with E-state index in [4.69, 9.17) is 0 Å². The van der Waals surface area contributed by atoms with E-state index in [0.29, 0.717) is 11.0 Å². The number of amides is 2. The van der Waals surface area contributed by atoms with Crippen molar-refractivity contribution in [3.05, 3.63) is 35.4 Å². The Balaban J connectivity index is 1.52. The Morgan fingerprint density at radius 2 is 2.00 bits per heavy atom. The van der Waals surface area contributed by atoms with Crippen LogP contribution in [0.4, 0.5) is 18.0 Å². The standard InChI is InChI=1S/C17H21F3N2O/c1-11(12-4-2-5-13(8-12)17(18,19)20)21-15(23)22-14-9-16(10-14)6-3-7-16/h2,4-5,8,11,14H,3,6-7,9-10H2,1H3,(H2,21,22,23). The number of hydrogen-bond donors (Lipinski definition) is 2. The van der Waals surface area contributed by atoms with Crippen LogP contribution in [0.2, 0.25) is 0 Å². The molecular formula is C17H21F3N2O. The summed E-state index contributed by atoms with van der Waals surface area (Å²) >= 11 is 0. The van der Waals surface area contributed by atoms with Gasteiger partial charge in [-0.15, -0.1) is 0 Å². The zero-order valence-corrected chi connectivity index (χ0v) is 13.0. The molecule has 2 N–H and O–H groups in total. The summed E-state index contributed by atoms with van der Waals surface area (Å²) in [6.45, 7) is 1.68. The van der Waals surface area contributed by atoms with Crippen molar-refractivity contribution in [2.75, 3.05) is 0 Å². The normalized spacial score (nSPS) is 21.2. The quantitative estimate of drug-likeness (QED) is 0.849. The minimum absolute atomic E-state index is 0.198. The second-order valence-corrected chi connectivity index (χ2v) is 6.92. The van der Waals surface area contributed by atoms with E-state index in [1.165, 1.54) is 25.3 Å². The van der Waals surface area contributed by atoms with Gasteiger partial charge < -0.3 is 10.6 Å². The van der Waals surface area contributed by atoms with Gasteiger partial charge in [0.2, 0.25) is 0 Å². The first kappa shape index (κ1) is 16.1. The zero-order valence-electron chi connectivity index (χ0n) is 13.0. The van der Waals surface area contributed by atoms with E-state index in [2.05, 4.69) is 10.6 Å². The van der Waals surface area contributed by atoms with Crippen LogP contribution >= 0.6 is 0 Å². The van der Waals surface area contributed by atoms with Gasteiger partial charge in [0, 0.05) is 6.04 Å². The largest absolute Gasteiger partial charge is 0.416 e. The Morgan fingerprint density at radius 1 is 1.30 bits per heavy atom. The summed E-state index contributed by atoms with van der Waals surface area (Å²) in [5.41, 5.74) is 0.221. The number of nitrogens with one attached hydrogen (secondary N) is 2. The fourth-order valence-electron chi connectivity index (χ4n) is 3.66. The number of carbonyl (C=O) groups excluding carboxylic acids is 1. The zero-order chi connectivity index (χ0) is 16.7. The third kappa shape index (κ3) is 3.46. The average Bonchev–Trinajstić information content (AvgIpc) is 2.39. The lowest BCUT2D eigenvalue weighted by Gasteiger charge is -2.54. The fraction of sp³-hybridized carbons (Fsp3) is 0.588. The van der Waals surface area contributed by atoms with Crippen molar-refractivity contribution < 1.29 is 18.0 Å². The van der Waals surface area contributed by atoms with Gasteiger partial charge >= 0.3 is 12.2 Å². The molecule has 2 aliphatic rings. The molecule has 3 nitrogen and oxygen atoms in total. The van der Waals surface area contributed by atoms with Crippen molar-refractivity contribution in [3.8, 4) is 0 Å². The van der Waals surface area contributed by atoms with Crippen molar-refractivity contribution >= 4 is 6.03 Å². The summed E-state index contributed by atoms with van der Waals surface area (Å²) < 4.78 is 38.2. The van der Waals surface area contributed by atoms with Crippen molar-refractivity contribution in [2.24, 2.45) is 5.41 Å². The molecular weight excluding hydrogens is 305 g/mol. The van der Waals surface area contributed by atoms with E-state index < -0.39 is 17.8 Å². The van der Waals surface area contributed by atoms with Gasteiger partial charge in [0.25, 0.3) is 0 Å². The van der Waals surface area contributed by atoms with Gasteiger partial charge in [-0.2, -0.15) is 13.2 Å². The van der Waals surface area contributed by atoms with Crippen LogP contribution < -0.4 is 10.6 Å². The molecule has 0 bridgehead atoms. The predicted molar refractivity (Wildman–Crippen MR) is 80.8 cm³/mol. The van der Waals surface area contributed by atoms with Gasteiger partial charge in [-0.25, -0.2) is 4.79 Å². The maximum atomic E-state index is 12.7. The summed E-state index contributed by atoms with van der Waals surface area (Å²) in [6, 6.07) is 4.47. The van der Waals surface area contributed by atoms with Gasteiger partial charge in [0.05, 0.1) is 11.6 Å². The van der Waals surface area contributed by atoms with E-state index in [0.717, 1.165) is 25.0 Å². The topological polar surface area (TPSA) is 41.1 Å². The van der Waals surface area contributed by atoms with E-state index in [9.17, 15) is 18.0 Å². The van der Waals surface area contributed by atoms with Crippen molar-refractivity contribution in [1.82, 2.24) is 10.6 Å². The summed E-state index contributed by atoms with van der Waals surface area (Å²) in [5, 5.41) is 5.63. The van der Waals surface area contributed by atoms with Crippen molar-refractivity contribution in [1.29, 1.82) is 0 Å². The average molecular weight is 326 g/mol. The highest BCUT2D eigenvalue weighted by atomic mass is 19.4. The Labute approximate surface area is 133 Å². The van der Waals surface area contributed by atoms with Gasteiger partial charge in [-0.3, -0.25) is 0 Å². The minimum Gasteiger partial charge on any atom is -0.335 e. The molecule has 0 aromatic heterocycles. The molecule has 6 heteroatoms. The van der Waals surface area contributed by atoms with Gasteiger partial charge in [-0.05, 0) is 55.7 Å². The lowest BCUT2D eigenvalue weighted by Crippen LogP contribution is -2.55. The minimum atomic E-state index is -4.37. The Bertz CT molecular complexity index is 588. The first-order chi connectivity index (χ1) is 10.8.